The number of aryl methyl sites for hydroxylation is 1. The molecule has 0 spiro atoms. The molecule has 2 aromatic carbocycles. The topological polar surface area (TPSA) is 88.8 Å². The van der Waals surface area contributed by atoms with Crippen molar-refractivity contribution in [2.45, 2.75) is 13.0 Å². The van der Waals surface area contributed by atoms with Crippen LogP contribution in [-0.2, 0) is 4.79 Å². The molecule has 1 amide bonds. The number of benzene rings is 2. The number of carbonyl (C=O) groups is 1. The van der Waals surface area contributed by atoms with Crippen LogP contribution < -0.4 is 15.7 Å². The van der Waals surface area contributed by atoms with Gasteiger partial charge in [-0.2, -0.15) is 0 Å². The number of aliphatic hydroxyl groups is 1. The Hall–Kier alpha value is -2.83. The fraction of sp³-hybridized carbons (Fsp3) is 0.200. The summed E-state index contributed by atoms with van der Waals surface area (Å²) in [5, 5.41) is 13.6. The summed E-state index contributed by atoms with van der Waals surface area (Å²) in [6.07, 6.45) is -0.809. The Morgan fingerprint density at radius 1 is 1.26 bits per heavy atom. The van der Waals surface area contributed by atoms with Gasteiger partial charge in [0.25, 0.3) is 5.91 Å². The second kappa shape index (κ2) is 8.24. The van der Waals surface area contributed by atoms with E-state index in [1.165, 1.54) is 12.1 Å². The number of nitrogens with one attached hydrogen (secondary N) is 1. The fourth-order valence-corrected chi connectivity index (χ4v) is 2.85. The molecule has 1 aromatic heterocycles. The van der Waals surface area contributed by atoms with Crippen LogP contribution in [0.5, 0.6) is 5.75 Å². The molecule has 3 rings (SSSR count). The SMILES string of the molecule is Cc1cc(=O)oc2cc(OCC(=O)NCC(O)c3ccccc3)c(Cl)cc12. The normalized spacial score (nSPS) is 12.0. The van der Waals surface area contributed by atoms with Gasteiger partial charge in [-0.25, -0.2) is 4.79 Å². The van der Waals surface area contributed by atoms with Crippen molar-refractivity contribution < 1.29 is 19.1 Å². The second-order valence-corrected chi connectivity index (χ2v) is 6.45. The first-order valence-corrected chi connectivity index (χ1v) is 8.68. The summed E-state index contributed by atoms with van der Waals surface area (Å²) < 4.78 is 10.6. The van der Waals surface area contributed by atoms with Gasteiger partial charge >= 0.3 is 5.63 Å². The first kappa shape index (κ1) is 18.9. The van der Waals surface area contributed by atoms with E-state index in [-0.39, 0.29) is 18.9 Å². The van der Waals surface area contributed by atoms with Crippen LogP contribution in [0.15, 0.2) is 57.7 Å². The number of fused-ring (bicyclic) bond motifs is 1. The van der Waals surface area contributed by atoms with Crippen molar-refractivity contribution in [3.05, 3.63) is 75.1 Å². The maximum atomic E-state index is 12.0. The molecule has 6 nitrogen and oxygen atoms in total. The van der Waals surface area contributed by atoms with Crippen LogP contribution in [0.3, 0.4) is 0 Å². The predicted molar refractivity (Wildman–Crippen MR) is 102 cm³/mol. The van der Waals surface area contributed by atoms with Crippen molar-refractivity contribution in [2.24, 2.45) is 0 Å². The highest BCUT2D eigenvalue weighted by molar-refractivity contribution is 6.32. The molecule has 27 heavy (non-hydrogen) atoms. The van der Waals surface area contributed by atoms with E-state index in [2.05, 4.69) is 5.32 Å². The molecular formula is C20H18ClNO5. The number of halogens is 1. The van der Waals surface area contributed by atoms with Crippen LogP contribution in [0.25, 0.3) is 11.0 Å². The molecule has 3 aromatic rings. The highest BCUT2D eigenvalue weighted by Gasteiger charge is 2.12. The van der Waals surface area contributed by atoms with E-state index in [0.29, 0.717) is 21.6 Å². The molecule has 7 heteroatoms. The van der Waals surface area contributed by atoms with Crippen LogP contribution in [0.1, 0.15) is 17.2 Å². The van der Waals surface area contributed by atoms with E-state index in [0.717, 1.165) is 5.56 Å². The van der Waals surface area contributed by atoms with E-state index in [1.54, 1.807) is 25.1 Å². The summed E-state index contributed by atoms with van der Waals surface area (Å²) in [5.74, 6) is -0.177. The molecule has 0 saturated carbocycles. The van der Waals surface area contributed by atoms with Gasteiger partial charge in [0.15, 0.2) is 6.61 Å². The zero-order chi connectivity index (χ0) is 19.4. The summed E-state index contributed by atoms with van der Waals surface area (Å²) in [4.78, 5) is 23.5. The standard InChI is InChI=1S/C20H18ClNO5/c1-12-7-20(25)27-17-9-18(15(21)8-14(12)17)26-11-19(24)22-10-16(23)13-5-3-2-4-6-13/h2-9,16,23H,10-11H2,1H3,(H,22,24). The molecule has 0 bridgehead atoms. The minimum atomic E-state index is -0.809. The van der Waals surface area contributed by atoms with Gasteiger partial charge < -0.3 is 19.6 Å². The van der Waals surface area contributed by atoms with E-state index >= 15 is 0 Å². The smallest absolute Gasteiger partial charge is 0.336 e. The van der Waals surface area contributed by atoms with Gasteiger partial charge in [-0.05, 0) is 24.1 Å². The lowest BCUT2D eigenvalue weighted by Crippen LogP contribution is -2.32. The van der Waals surface area contributed by atoms with E-state index in [4.69, 9.17) is 20.8 Å². The molecule has 1 atom stereocenters. The molecule has 0 aliphatic carbocycles. The molecule has 2 N–H and O–H groups in total. The first-order chi connectivity index (χ1) is 12.9. The third-order valence-electron chi connectivity index (χ3n) is 4.04. The van der Waals surface area contributed by atoms with Gasteiger partial charge in [-0.15, -0.1) is 0 Å². The second-order valence-electron chi connectivity index (χ2n) is 6.05. The van der Waals surface area contributed by atoms with Crippen molar-refractivity contribution in [3.63, 3.8) is 0 Å². The summed E-state index contributed by atoms with van der Waals surface area (Å²) in [7, 11) is 0. The molecule has 0 fully saturated rings. The maximum absolute atomic E-state index is 12.0. The average Bonchev–Trinajstić information content (AvgIpc) is 2.65. The zero-order valence-electron chi connectivity index (χ0n) is 14.6. The monoisotopic (exact) mass is 387 g/mol. The number of hydrogen-bond donors (Lipinski definition) is 2. The van der Waals surface area contributed by atoms with Crippen molar-refractivity contribution in [1.82, 2.24) is 5.32 Å². The third kappa shape index (κ3) is 4.67. The number of rotatable bonds is 6. The van der Waals surface area contributed by atoms with Crippen LogP contribution in [0, 0.1) is 6.92 Å². The number of aliphatic hydroxyl groups excluding tert-OH is 1. The third-order valence-corrected chi connectivity index (χ3v) is 4.33. The Bertz CT molecular complexity index is 1020. The molecule has 0 radical (unpaired) electrons. The number of ether oxygens (including phenoxy) is 1. The minimum Gasteiger partial charge on any atom is -0.482 e. The Kier molecular flexibility index (Phi) is 5.78. The molecule has 1 heterocycles. The van der Waals surface area contributed by atoms with Crippen LogP contribution in [-0.4, -0.2) is 24.2 Å². The quantitative estimate of drug-likeness (QED) is 0.635. The van der Waals surface area contributed by atoms with Gasteiger partial charge in [0.05, 0.1) is 11.1 Å². The van der Waals surface area contributed by atoms with E-state index in [1.807, 2.05) is 18.2 Å². The van der Waals surface area contributed by atoms with Gasteiger partial charge in [-0.3, -0.25) is 4.79 Å². The predicted octanol–water partition coefficient (Wildman–Crippen LogP) is 2.98. The minimum absolute atomic E-state index is 0.0612. The number of amides is 1. The Balaban J connectivity index is 1.61. The van der Waals surface area contributed by atoms with Gasteiger partial charge in [0, 0.05) is 24.1 Å². The van der Waals surface area contributed by atoms with Crippen molar-refractivity contribution in [2.75, 3.05) is 13.2 Å². The lowest BCUT2D eigenvalue weighted by molar-refractivity contribution is -0.123. The lowest BCUT2D eigenvalue weighted by Gasteiger charge is -2.13. The van der Waals surface area contributed by atoms with E-state index in [9.17, 15) is 14.7 Å². The molecule has 0 aliphatic rings. The molecular weight excluding hydrogens is 370 g/mol. The average molecular weight is 388 g/mol. The van der Waals surface area contributed by atoms with Gasteiger partial charge in [0.2, 0.25) is 0 Å². The Morgan fingerprint density at radius 2 is 2.00 bits per heavy atom. The number of carbonyl (C=O) groups excluding carboxylic acids is 1. The molecule has 1 unspecified atom stereocenters. The lowest BCUT2D eigenvalue weighted by atomic mass is 10.1. The van der Waals surface area contributed by atoms with Gasteiger partial charge in [0.1, 0.15) is 11.3 Å². The molecule has 140 valence electrons. The molecule has 0 aliphatic heterocycles. The fourth-order valence-electron chi connectivity index (χ4n) is 2.63. The first-order valence-electron chi connectivity index (χ1n) is 8.30. The van der Waals surface area contributed by atoms with Crippen LogP contribution in [0.4, 0.5) is 0 Å². The van der Waals surface area contributed by atoms with Crippen molar-refractivity contribution in [1.29, 1.82) is 0 Å². The maximum Gasteiger partial charge on any atom is 0.336 e. The summed E-state index contributed by atoms with van der Waals surface area (Å²) >= 11 is 6.19. The van der Waals surface area contributed by atoms with Crippen LogP contribution in [0.2, 0.25) is 5.02 Å². The van der Waals surface area contributed by atoms with Gasteiger partial charge in [-0.1, -0.05) is 41.9 Å². The molecule has 0 saturated heterocycles. The summed E-state index contributed by atoms with van der Waals surface area (Å²) in [6, 6.07) is 13.5. The Morgan fingerprint density at radius 3 is 2.74 bits per heavy atom. The summed E-state index contributed by atoms with van der Waals surface area (Å²) in [5.41, 5.74) is 1.31. The van der Waals surface area contributed by atoms with Crippen LogP contribution >= 0.6 is 11.6 Å². The van der Waals surface area contributed by atoms with E-state index < -0.39 is 17.6 Å². The highest BCUT2D eigenvalue weighted by Crippen LogP contribution is 2.30. The highest BCUT2D eigenvalue weighted by atomic mass is 35.5. The largest absolute Gasteiger partial charge is 0.482 e. The summed E-state index contributed by atoms with van der Waals surface area (Å²) in [6.45, 7) is 1.55. The van der Waals surface area contributed by atoms with Crippen molar-refractivity contribution in [3.8, 4) is 5.75 Å². The number of hydrogen-bond acceptors (Lipinski definition) is 5. The Labute approximate surface area is 160 Å². The zero-order valence-corrected chi connectivity index (χ0v) is 15.3. The van der Waals surface area contributed by atoms with Crippen molar-refractivity contribution >= 4 is 28.5 Å².